The number of rotatable bonds is 9. The molecule has 2 rings (SSSR count). The van der Waals surface area contributed by atoms with Crippen molar-refractivity contribution < 1.29 is 4.74 Å². The Hall–Kier alpha value is -1.85. The summed E-state index contributed by atoms with van der Waals surface area (Å²) in [6, 6.07) is 8.32. The summed E-state index contributed by atoms with van der Waals surface area (Å²) < 4.78 is 7.81. The third-order valence-electron chi connectivity index (χ3n) is 3.90. The number of benzene rings is 1. The first kappa shape index (κ1) is 18.5. The van der Waals surface area contributed by atoms with Crippen molar-refractivity contribution in [2.24, 2.45) is 0 Å². The molecule has 0 amide bonds. The van der Waals surface area contributed by atoms with Gasteiger partial charge in [-0.2, -0.15) is 5.10 Å². The summed E-state index contributed by atoms with van der Waals surface area (Å²) in [4.78, 5) is 2.31. The summed E-state index contributed by atoms with van der Waals surface area (Å²) in [5, 5.41) is 7.75. The number of aromatic nitrogens is 2. The molecule has 0 fully saturated rings. The van der Waals surface area contributed by atoms with Crippen LogP contribution in [-0.2, 0) is 13.1 Å². The Morgan fingerprint density at radius 3 is 2.54 bits per heavy atom. The molecule has 5 heteroatoms. The Morgan fingerprint density at radius 2 is 1.96 bits per heavy atom. The highest BCUT2D eigenvalue weighted by molar-refractivity contribution is 5.64. The van der Waals surface area contributed by atoms with E-state index < -0.39 is 0 Å². The van der Waals surface area contributed by atoms with Gasteiger partial charge < -0.3 is 15.0 Å². The number of aryl methyl sites for hydroxylation is 1. The third-order valence-corrected chi connectivity index (χ3v) is 3.90. The zero-order valence-corrected chi connectivity index (χ0v) is 15.5. The maximum Gasteiger partial charge on any atom is 0.119 e. The van der Waals surface area contributed by atoms with Crippen LogP contribution < -0.4 is 10.1 Å². The fourth-order valence-electron chi connectivity index (χ4n) is 2.75. The normalized spacial score (nSPS) is 11.5. The molecule has 0 aliphatic heterocycles. The Bertz CT molecular complexity index is 619. The number of likely N-dealkylation sites (N-methyl/N-ethyl adjacent to an activating group) is 2. The van der Waals surface area contributed by atoms with Crippen molar-refractivity contribution in [2.75, 3.05) is 27.2 Å². The van der Waals surface area contributed by atoms with E-state index >= 15 is 0 Å². The van der Waals surface area contributed by atoms with E-state index in [0.717, 1.165) is 31.9 Å². The Morgan fingerprint density at radius 1 is 1.25 bits per heavy atom. The molecule has 1 aromatic carbocycles. The SMILES string of the molecule is CCn1ncc(CN(C)CCNC)c1-c1ccc(OC(C)C)cc1. The topological polar surface area (TPSA) is 42.3 Å². The predicted octanol–water partition coefficient (Wildman–Crippen LogP) is 3.01. The van der Waals surface area contributed by atoms with Gasteiger partial charge in [-0.25, -0.2) is 0 Å². The molecule has 0 aliphatic carbocycles. The van der Waals surface area contributed by atoms with Crippen LogP contribution in [0.2, 0.25) is 0 Å². The van der Waals surface area contributed by atoms with Gasteiger partial charge in [-0.15, -0.1) is 0 Å². The van der Waals surface area contributed by atoms with E-state index in [-0.39, 0.29) is 6.10 Å². The minimum atomic E-state index is 0.188. The minimum absolute atomic E-state index is 0.188. The molecule has 0 unspecified atom stereocenters. The number of hydrogen-bond acceptors (Lipinski definition) is 4. The van der Waals surface area contributed by atoms with Gasteiger partial charge in [0.25, 0.3) is 0 Å². The Kier molecular flexibility index (Phi) is 6.82. The van der Waals surface area contributed by atoms with Crippen molar-refractivity contribution in [3.05, 3.63) is 36.0 Å². The summed E-state index contributed by atoms with van der Waals surface area (Å²) in [5.74, 6) is 0.906. The summed E-state index contributed by atoms with van der Waals surface area (Å²) >= 11 is 0. The van der Waals surface area contributed by atoms with Gasteiger partial charge in [-0.3, -0.25) is 4.68 Å². The van der Waals surface area contributed by atoms with E-state index in [0.29, 0.717) is 0 Å². The molecule has 24 heavy (non-hydrogen) atoms. The average molecular weight is 330 g/mol. The number of hydrogen-bond donors (Lipinski definition) is 1. The number of nitrogens with one attached hydrogen (secondary N) is 1. The molecule has 1 N–H and O–H groups in total. The highest BCUT2D eigenvalue weighted by Crippen LogP contribution is 2.27. The molecule has 0 saturated heterocycles. The molecule has 0 radical (unpaired) electrons. The molecule has 0 atom stereocenters. The van der Waals surface area contributed by atoms with E-state index in [9.17, 15) is 0 Å². The molecule has 1 aromatic heterocycles. The lowest BCUT2D eigenvalue weighted by Gasteiger charge is -2.17. The van der Waals surface area contributed by atoms with Gasteiger partial charge in [-0.1, -0.05) is 0 Å². The zero-order valence-electron chi connectivity index (χ0n) is 15.5. The van der Waals surface area contributed by atoms with Crippen molar-refractivity contribution in [1.82, 2.24) is 20.0 Å². The maximum absolute atomic E-state index is 5.74. The van der Waals surface area contributed by atoms with Crippen LogP contribution in [0.1, 0.15) is 26.3 Å². The molecule has 0 spiro atoms. The van der Waals surface area contributed by atoms with Crippen LogP contribution in [0.5, 0.6) is 5.75 Å². The monoisotopic (exact) mass is 330 g/mol. The largest absolute Gasteiger partial charge is 0.491 e. The lowest BCUT2D eigenvalue weighted by molar-refractivity contribution is 0.242. The van der Waals surface area contributed by atoms with Gasteiger partial charge in [0, 0.05) is 37.3 Å². The average Bonchev–Trinajstić information content (AvgIpc) is 2.95. The van der Waals surface area contributed by atoms with Crippen molar-refractivity contribution in [3.63, 3.8) is 0 Å². The Labute approximate surface area is 145 Å². The molecule has 132 valence electrons. The van der Waals surface area contributed by atoms with Crippen LogP contribution in [0, 0.1) is 0 Å². The van der Waals surface area contributed by atoms with Crippen molar-refractivity contribution >= 4 is 0 Å². The summed E-state index contributed by atoms with van der Waals surface area (Å²) in [6.45, 7) is 9.95. The van der Waals surface area contributed by atoms with Crippen molar-refractivity contribution in [2.45, 2.75) is 40.0 Å². The van der Waals surface area contributed by atoms with Gasteiger partial charge in [0.15, 0.2) is 0 Å². The van der Waals surface area contributed by atoms with Crippen molar-refractivity contribution in [3.8, 4) is 17.0 Å². The highest BCUT2D eigenvalue weighted by atomic mass is 16.5. The molecule has 2 aromatic rings. The van der Waals surface area contributed by atoms with Crippen LogP contribution in [0.3, 0.4) is 0 Å². The first-order valence-electron chi connectivity index (χ1n) is 8.70. The van der Waals surface area contributed by atoms with E-state index in [1.54, 1.807) is 0 Å². The van der Waals surface area contributed by atoms with E-state index in [1.807, 2.05) is 39.2 Å². The van der Waals surface area contributed by atoms with Gasteiger partial charge in [0.2, 0.25) is 0 Å². The second-order valence-corrected chi connectivity index (χ2v) is 6.37. The van der Waals surface area contributed by atoms with Crippen LogP contribution in [0.4, 0.5) is 0 Å². The molecule has 0 bridgehead atoms. The van der Waals surface area contributed by atoms with Crippen LogP contribution in [0.25, 0.3) is 11.3 Å². The van der Waals surface area contributed by atoms with E-state index in [2.05, 4.69) is 46.1 Å². The fraction of sp³-hybridized carbons (Fsp3) is 0.526. The Balaban J connectivity index is 2.23. The third kappa shape index (κ3) is 4.82. The van der Waals surface area contributed by atoms with Gasteiger partial charge in [-0.05, 0) is 59.1 Å². The predicted molar refractivity (Wildman–Crippen MR) is 99.4 cm³/mol. The fourth-order valence-corrected chi connectivity index (χ4v) is 2.75. The summed E-state index contributed by atoms with van der Waals surface area (Å²) in [5.41, 5.74) is 3.64. The van der Waals surface area contributed by atoms with E-state index in [4.69, 9.17) is 4.74 Å². The van der Waals surface area contributed by atoms with Crippen LogP contribution >= 0.6 is 0 Å². The second kappa shape index (κ2) is 8.85. The van der Waals surface area contributed by atoms with Crippen LogP contribution in [0.15, 0.2) is 30.5 Å². The lowest BCUT2D eigenvalue weighted by atomic mass is 10.1. The first-order valence-corrected chi connectivity index (χ1v) is 8.70. The number of ether oxygens (including phenoxy) is 1. The molecule has 1 heterocycles. The van der Waals surface area contributed by atoms with Gasteiger partial charge in [0.05, 0.1) is 18.0 Å². The standard InChI is InChI=1S/C19H30N4O/c1-6-23-19(16-7-9-18(10-8-16)24-15(2)3)17(13-21-23)14-22(5)12-11-20-4/h7-10,13,15,20H,6,11-12,14H2,1-5H3. The van der Waals surface area contributed by atoms with Crippen LogP contribution in [-0.4, -0.2) is 48.0 Å². The maximum atomic E-state index is 5.74. The summed E-state index contributed by atoms with van der Waals surface area (Å²) in [7, 11) is 4.12. The molecule has 0 saturated carbocycles. The quantitative estimate of drug-likeness (QED) is 0.767. The van der Waals surface area contributed by atoms with Gasteiger partial charge >= 0.3 is 0 Å². The minimum Gasteiger partial charge on any atom is -0.491 e. The van der Waals surface area contributed by atoms with Crippen molar-refractivity contribution in [1.29, 1.82) is 0 Å². The lowest BCUT2D eigenvalue weighted by Crippen LogP contribution is -2.27. The first-order chi connectivity index (χ1) is 11.5. The highest BCUT2D eigenvalue weighted by Gasteiger charge is 2.14. The zero-order chi connectivity index (χ0) is 17.5. The summed E-state index contributed by atoms with van der Waals surface area (Å²) in [6.07, 6.45) is 2.18. The molecule has 0 aliphatic rings. The number of nitrogens with zero attached hydrogens (tertiary/aromatic N) is 3. The molecule has 5 nitrogen and oxygen atoms in total. The molecular weight excluding hydrogens is 300 g/mol. The van der Waals surface area contributed by atoms with E-state index in [1.165, 1.54) is 16.8 Å². The van der Waals surface area contributed by atoms with Gasteiger partial charge in [0.1, 0.15) is 5.75 Å². The molecular formula is C19H30N4O. The smallest absolute Gasteiger partial charge is 0.119 e. The second-order valence-electron chi connectivity index (χ2n) is 6.37.